The van der Waals surface area contributed by atoms with Gasteiger partial charge in [-0.2, -0.15) is 0 Å². The van der Waals surface area contributed by atoms with Gasteiger partial charge in [0.05, 0.1) is 5.52 Å². The van der Waals surface area contributed by atoms with Crippen LogP contribution in [0.15, 0.2) is 59.2 Å². The molecule has 5 heteroatoms. The first-order chi connectivity index (χ1) is 14.1. The summed E-state index contributed by atoms with van der Waals surface area (Å²) in [7, 11) is 2.23. The first kappa shape index (κ1) is 20.3. The zero-order valence-corrected chi connectivity index (χ0v) is 18.8. The van der Waals surface area contributed by atoms with Gasteiger partial charge in [0.25, 0.3) is 0 Å². The molecule has 0 radical (unpaired) electrons. The lowest BCUT2D eigenvalue weighted by molar-refractivity contribution is 0.0897. The van der Waals surface area contributed by atoms with Crippen molar-refractivity contribution in [2.45, 2.75) is 19.4 Å². The Morgan fingerprint density at radius 2 is 1.93 bits per heavy atom. The molecular formula is C24H29BrN4. The van der Waals surface area contributed by atoms with Crippen LogP contribution < -0.4 is 5.32 Å². The number of rotatable bonds is 6. The van der Waals surface area contributed by atoms with Crippen molar-refractivity contribution >= 4 is 32.5 Å². The first-order valence-electron chi connectivity index (χ1n) is 10.4. The Morgan fingerprint density at radius 1 is 1.10 bits per heavy atom. The fraction of sp³-hybridized carbons (Fsp3) is 0.375. The van der Waals surface area contributed by atoms with Crippen molar-refractivity contribution in [1.82, 2.24) is 14.8 Å². The maximum absolute atomic E-state index is 4.57. The Morgan fingerprint density at radius 3 is 2.76 bits per heavy atom. The van der Waals surface area contributed by atoms with E-state index in [1.807, 2.05) is 6.20 Å². The third-order valence-electron chi connectivity index (χ3n) is 5.86. The largest absolute Gasteiger partial charge is 0.384 e. The third-order valence-corrected chi connectivity index (χ3v) is 6.52. The van der Waals surface area contributed by atoms with Crippen LogP contribution in [0.1, 0.15) is 23.6 Å². The molecule has 2 aromatic carbocycles. The van der Waals surface area contributed by atoms with Gasteiger partial charge in [0.1, 0.15) is 0 Å². The minimum atomic E-state index is 0.480. The number of benzene rings is 2. The number of nitrogens with zero attached hydrogens (tertiary/aromatic N) is 3. The normalized spacial score (nSPS) is 18.2. The van der Waals surface area contributed by atoms with E-state index in [9.17, 15) is 0 Å². The van der Waals surface area contributed by atoms with Crippen LogP contribution in [-0.2, 0) is 0 Å². The fourth-order valence-corrected chi connectivity index (χ4v) is 4.77. The number of anilines is 1. The summed E-state index contributed by atoms with van der Waals surface area (Å²) in [5.74, 6) is 0. The molecule has 1 saturated heterocycles. The summed E-state index contributed by atoms with van der Waals surface area (Å²) < 4.78 is 1.09. The van der Waals surface area contributed by atoms with Gasteiger partial charge in [-0.05, 0) is 43.7 Å². The van der Waals surface area contributed by atoms with E-state index >= 15 is 0 Å². The van der Waals surface area contributed by atoms with Gasteiger partial charge in [-0.3, -0.25) is 9.88 Å². The lowest BCUT2D eigenvalue weighted by Crippen LogP contribution is -2.47. The number of aryl methyl sites for hydroxylation is 1. The van der Waals surface area contributed by atoms with Gasteiger partial charge in [-0.15, -0.1) is 0 Å². The topological polar surface area (TPSA) is 31.4 Å². The maximum atomic E-state index is 4.57. The van der Waals surface area contributed by atoms with E-state index in [2.05, 4.69) is 98.5 Å². The minimum Gasteiger partial charge on any atom is -0.384 e. The van der Waals surface area contributed by atoms with Crippen LogP contribution >= 0.6 is 15.9 Å². The molecule has 1 N–H and O–H groups in total. The summed E-state index contributed by atoms with van der Waals surface area (Å²) in [6.07, 6.45) is 3.01. The quantitative estimate of drug-likeness (QED) is 0.527. The van der Waals surface area contributed by atoms with E-state index in [1.165, 1.54) is 16.5 Å². The molecule has 0 amide bonds. The number of hydrogen-bond acceptors (Lipinski definition) is 4. The van der Waals surface area contributed by atoms with Crippen molar-refractivity contribution < 1.29 is 0 Å². The molecule has 0 aliphatic carbocycles. The molecule has 0 saturated carbocycles. The van der Waals surface area contributed by atoms with Gasteiger partial charge in [0, 0.05) is 60.5 Å². The van der Waals surface area contributed by atoms with Gasteiger partial charge >= 0.3 is 0 Å². The van der Waals surface area contributed by atoms with Crippen molar-refractivity contribution in [3.8, 4) is 0 Å². The monoisotopic (exact) mass is 452 g/mol. The molecule has 152 valence electrons. The third kappa shape index (κ3) is 4.63. The van der Waals surface area contributed by atoms with E-state index in [0.29, 0.717) is 6.04 Å². The second-order valence-electron chi connectivity index (χ2n) is 7.95. The second-order valence-corrected chi connectivity index (χ2v) is 8.81. The predicted molar refractivity (Wildman–Crippen MR) is 126 cm³/mol. The zero-order chi connectivity index (χ0) is 20.2. The van der Waals surface area contributed by atoms with E-state index in [1.54, 1.807) is 0 Å². The molecule has 3 aromatic rings. The number of hydrogen-bond donors (Lipinski definition) is 1. The standard InChI is InChI=1S/C24H29BrN4/c1-18-9-10-20(25)23-21(11-13-27-24(18)23)26-12-6-14-29-16-15-28(2)17-22(29)19-7-4-3-5-8-19/h3-5,7-11,13,22H,6,12,14-17H2,1-2H3,(H,26,27). The van der Waals surface area contributed by atoms with Crippen LogP contribution in [0.3, 0.4) is 0 Å². The fourth-order valence-electron chi connectivity index (χ4n) is 4.23. The smallest absolute Gasteiger partial charge is 0.0763 e. The molecule has 1 unspecified atom stereocenters. The molecule has 4 nitrogen and oxygen atoms in total. The van der Waals surface area contributed by atoms with Crippen LogP contribution in [0.4, 0.5) is 5.69 Å². The van der Waals surface area contributed by atoms with E-state index in [-0.39, 0.29) is 0 Å². The summed E-state index contributed by atoms with van der Waals surface area (Å²) in [6.45, 7) is 7.52. The minimum absolute atomic E-state index is 0.480. The molecule has 1 fully saturated rings. The van der Waals surface area contributed by atoms with Gasteiger partial charge < -0.3 is 10.2 Å². The lowest BCUT2D eigenvalue weighted by atomic mass is 10.0. The van der Waals surface area contributed by atoms with E-state index in [0.717, 1.165) is 54.8 Å². The maximum Gasteiger partial charge on any atom is 0.0763 e. The van der Waals surface area contributed by atoms with Crippen LogP contribution in [0.2, 0.25) is 0 Å². The SMILES string of the molecule is Cc1ccc(Br)c2c(NCCCN3CCN(C)CC3c3ccccc3)ccnc12. The lowest BCUT2D eigenvalue weighted by Gasteiger charge is -2.40. The molecule has 1 aliphatic rings. The Hall–Kier alpha value is -1.95. The molecule has 29 heavy (non-hydrogen) atoms. The second kappa shape index (κ2) is 9.24. The average Bonchev–Trinajstić information content (AvgIpc) is 2.75. The molecule has 2 heterocycles. The summed E-state index contributed by atoms with van der Waals surface area (Å²) in [4.78, 5) is 9.65. The summed E-state index contributed by atoms with van der Waals surface area (Å²) in [6, 6.07) is 17.7. The van der Waals surface area contributed by atoms with Crippen molar-refractivity contribution in [1.29, 1.82) is 0 Å². The first-order valence-corrected chi connectivity index (χ1v) is 11.2. The number of fused-ring (bicyclic) bond motifs is 1. The van der Waals surface area contributed by atoms with Gasteiger partial charge in [-0.25, -0.2) is 0 Å². The van der Waals surface area contributed by atoms with Crippen molar-refractivity contribution in [2.75, 3.05) is 45.1 Å². The van der Waals surface area contributed by atoms with Gasteiger partial charge in [0.2, 0.25) is 0 Å². The average molecular weight is 453 g/mol. The highest BCUT2D eigenvalue weighted by atomic mass is 79.9. The Kier molecular flexibility index (Phi) is 6.48. The van der Waals surface area contributed by atoms with Crippen molar-refractivity contribution in [2.24, 2.45) is 0 Å². The van der Waals surface area contributed by atoms with Crippen LogP contribution in [0.25, 0.3) is 10.9 Å². The van der Waals surface area contributed by atoms with Crippen LogP contribution in [-0.4, -0.2) is 54.6 Å². The van der Waals surface area contributed by atoms with Crippen molar-refractivity contribution in [3.05, 3.63) is 70.3 Å². The van der Waals surface area contributed by atoms with E-state index in [4.69, 9.17) is 0 Å². The zero-order valence-electron chi connectivity index (χ0n) is 17.2. The van der Waals surface area contributed by atoms with Gasteiger partial charge in [-0.1, -0.05) is 52.3 Å². The molecule has 4 rings (SSSR count). The molecule has 0 bridgehead atoms. The highest BCUT2D eigenvalue weighted by Gasteiger charge is 2.25. The molecule has 0 spiro atoms. The highest BCUT2D eigenvalue weighted by molar-refractivity contribution is 9.10. The number of piperazine rings is 1. The number of nitrogens with one attached hydrogen (secondary N) is 1. The van der Waals surface area contributed by atoms with E-state index < -0.39 is 0 Å². The highest BCUT2D eigenvalue weighted by Crippen LogP contribution is 2.31. The van der Waals surface area contributed by atoms with Crippen LogP contribution in [0.5, 0.6) is 0 Å². The Bertz CT molecular complexity index is 960. The number of pyridine rings is 1. The Labute approximate surface area is 182 Å². The predicted octanol–water partition coefficient (Wildman–Crippen LogP) is 5.10. The Balaban J connectivity index is 1.40. The summed E-state index contributed by atoms with van der Waals surface area (Å²) >= 11 is 3.70. The molecule has 1 aliphatic heterocycles. The molecule has 1 aromatic heterocycles. The summed E-state index contributed by atoms with van der Waals surface area (Å²) in [5.41, 5.74) is 4.85. The number of aromatic nitrogens is 1. The summed E-state index contributed by atoms with van der Waals surface area (Å²) in [5, 5.41) is 4.83. The van der Waals surface area contributed by atoms with Gasteiger partial charge in [0.15, 0.2) is 0 Å². The number of likely N-dealkylation sites (N-methyl/N-ethyl adjacent to an activating group) is 1. The van der Waals surface area contributed by atoms with Crippen molar-refractivity contribution in [3.63, 3.8) is 0 Å². The molecular weight excluding hydrogens is 424 g/mol. The molecule has 1 atom stereocenters. The number of halogens is 1. The van der Waals surface area contributed by atoms with Crippen LogP contribution in [0, 0.1) is 6.92 Å².